The van der Waals surface area contributed by atoms with Crippen LogP contribution in [0, 0.1) is 0 Å². The van der Waals surface area contributed by atoms with Crippen LogP contribution in [0.4, 0.5) is 0 Å². The SMILES string of the molecule is CC1(C)OB(c2ccc3c(-c4ccc(-c5ccc6ccccc6c5)cc4)c4ccccc4c(-c4ccc(-c5ccc6ccccc6c5)cc4)c3c2)OC1(C)C.c1ccc(-n2c(-c3ccc(-c4c5ccccc5c(-c5ccc6c(-c7ccc(-c8ccc9ccccc9c8)cc7)c7ccccc7c(-c7ccc(-c8ccc9ccccc9c8)cc7)c6c5)c5ccccc45)cc3)nc3ccccc32)cc1. The summed E-state index contributed by atoms with van der Waals surface area (Å²) in [5.74, 6) is 0.921. The summed E-state index contributed by atoms with van der Waals surface area (Å²) < 4.78 is 15.5. The predicted octanol–water partition coefficient (Wildman–Crippen LogP) is 34.9. The van der Waals surface area contributed by atoms with Gasteiger partial charge in [0.2, 0.25) is 0 Å². The second kappa shape index (κ2) is 33.3. The maximum atomic E-state index is 6.60. The summed E-state index contributed by atoms with van der Waals surface area (Å²) in [6.45, 7) is 8.46. The number of rotatable bonds is 13. The van der Waals surface area contributed by atoms with Gasteiger partial charge in [-0.3, -0.25) is 4.57 Å². The van der Waals surface area contributed by atoms with Gasteiger partial charge in [0.15, 0.2) is 0 Å². The van der Waals surface area contributed by atoms with E-state index in [1.807, 2.05) is 0 Å². The minimum atomic E-state index is -0.464. The van der Waals surface area contributed by atoms with Crippen LogP contribution in [0.1, 0.15) is 27.7 Å². The minimum absolute atomic E-state index is 0.435. The molecular formula is C131H91BN2O2. The average Bonchev–Trinajstić information content (AvgIpc) is 0.771. The number of hydrogen-bond donors (Lipinski definition) is 0. The predicted molar refractivity (Wildman–Crippen MR) is 578 cm³/mol. The molecule has 24 aromatic carbocycles. The Morgan fingerprint density at radius 1 is 0.191 bits per heavy atom. The number of fused-ring (bicyclic) bond motifs is 11. The van der Waals surface area contributed by atoms with Gasteiger partial charge in [0.25, 0.3) is 0 Å². The van der Waals surface area contributed by atoms with E-state index in [1.165, 1.54) is 213 Å². The first-order valence-electron chi connectivity index (χ1n) is 47.2. The first kappa shape index (κ1) is 81.3. The summed E-state index contributed by atoms with van der Waals surface area (Å²) in [4.78, 5) is 5.20. The Morgan fingerprint density at radius 3 is 0.794 bits per heavy atom. The molecule has 1 fully saturated rings. The third-order valence-corrected chi connectivity index (χ3v) is 28.9. The minimum Gasteiger partial charge on any atom is -0.399 e. The van der Waals surface area contributed by atoms with Crippen molar-refractivity contribution in [2.75, 3.05) is 0 Å². The molecule has 4 nitrogen and oxygen atoms in total. The Kier molecular flexibility index (Phi) is 19.9. The quantitative estimate of drug-likeness (QED) is 0.0853. The van der Waals surface area contributed by atoms with Crippen molar-refractivity contribution >= 4 is 131 Å². The summed E-state index contributed by atoms with van der Waals surface area (Å²) in [5.41, 5.74) is 28.5. The van der Waals surface area contributed by atoms with E-state index in [0.717, 1.165) is 39.1 Å². The van der Waals surface area contributed by atoms with Crippen molar-refractivity contribution in [3.05, 3.63) is 479 Å². The number of hydrogen-bond acceptors (Lipinski definition) is 3. The Hall–Kier alpha value is -16.7. The molecule has 0 saturated carbocycles. The zero-order valence-corrected chi connectivity index (χ0v) is 75.9. The molecule has 1 aliphatic heterocycles. The molecule has 1 saturated heterocycles. The van der Waals surface area contributed by atoms with Crippen molar-refractivity contribution < 1.29 is 9.31 Å². The lowest BCUT2D eigenvalue weighted by molar-refractivity contribution is 0.00578. The van der Waals surface area contributed by atoms with Crippen molar-refractivity contribution in [2.45, 2.75) is 38.9 Å². The fraction of sp³-hybridized carbons (Fsp3) is 0.0458. The Labute approximate surface area is 791 Å². The van der Waals surface area contributed by atoms with Gasteiger partial charge in [-0.1, -0.05) is 425 Å². The molecule has 0 unspecified atom stereocenters. The van der Waals surface area contributed by atoms with Gasteiger partial charge in [-0.25, -0.2) is 4.98 Å². The van der Waals surface area contributed by atoms with Crippen molar-refractivity contribution in [3.63, 3.8) is 0 Å². The molecule has 0 radical (unpaired) electrons. The van der Waals surface area contributed by atoms with Gasteiger partial charge in [-0.15, -0.1) is 0 Å². The molecule has 0 aliphatic carbocycles. The highest BCUT2D eigenvalue weighted by Gasteiger charge is 2.52. The van der Waals surface area contributed by atoms with Crippen LogP contribution in [0.5, 0.6) is 0 Å². The van der Waals surface area contributed by atoms with Crippen LogP contribution in [-0.4, -0.2) is 27.9 Å². The molecule has 0 N–H and O–H groups in total. The number of imidazole rings is 1. The maximum absolute atomic E-state index is 6.60. The van der Waals surface area contributed by atoms with Gasteiger partial charge in [-0.2, -0.15) is 0 Å². The van der Waals surface area contributed by atoms with E-state index in [-0.39, 0.29) is 0 Å². The van der Waals surface area contributed by atoms with Gasteiger partial charge in [-0.05, 0) is 307 Å². The molecule has 1 aromatic heterocycles. The van der Waals surface area contributed by atoms with Gasteiger partial charge in [0, 0.05) is 11.3 Å². The Bertz CT molecular complexity index is 9000. The van der Waals surface area contributed by atoms with Gasteiger partial charge in [0.05, 0.1) is 22.2 Å². The zero-order chi connectivity index (χ0) is 90.7. The molecule has 2 heterocycles. The van der Waals surface area contributed by atoms with Crippen LogP contribution in [0.2, 0.25) is 0 Å². The van der Waals surface area contributed by atoms with E-state index < -0.39 is 18.3 Å². The monoisotopic (exact) mass is 1730 g/mol. The Balaban J connectivity index is 0.000000156. The lowest BCUT2D eigenvalue weighted by atomic mass is 9.76. The van der Waals surface area contributed by atoms with Gasteiger partial charge < -0.3 is 9.31 Å². The fourth-order valence-electron chi connectivity index (χ4n) is 21.3. The normalized spacial score (nSPS) is 13.0. The van der Waals surface area contributed by atoms with E-state index in [4.69, 9.17) is 14.3 Å². The molecule has 26 rings (SSSR count). The van der Waals surface area contributed by atoms with Crippen LogP contribution in [0.25, 0.3) is 247 Å². The molecule has 640 valence electrons. The zero-order valence-electron chi connectivity index (χ0n) is 75.9. The lowest BCUT2D eigenvalue weighted by Gasteiger charge is -2.32. The highest BCUT2D eigenvalue weighted by molar-refractivity contribution is 6.62. The molecule has 0 amide bonds. The van der Waals surface area contributed by atoms with Crippen LogP contribution >= 0.6 is 0 Å². The summed E-state index contributed by atoms with van der Waals surface area (Å²) in [5, 5.41) is 24.6. The van der Waals surface area contributed by atoms with Crippen LogP contribution in [0.3, 0.4) is 0 Å². The topological polar surface area (TPSA) is 36.3 Å². The smallest absolute Gasteiger partial charge is 0.399 e. The molecule has 5 heteroatoms. The number of aromatic nitrogens is 2. The first-order chi connectivity index (χ1) is 66.9. The van der Waals surface area contributed by atoms with Gasteiger partial charge >= 0.3 is 7.12 Å². The third kappa shape index (κ3) is 14.3. The first-order valence-corrected chi connectivity index (χ1v) is 47.2. The fourth-order valence-corrected chi connectivity index (χ4v) is 21.3. The largest absolute Gasteiger partial charge is 0.494 e. The molecular weight excluding hydrogens is 1640 g/mol. The second-order valence-corrected chi connectivity index (χ2v) is 37.3. The standard InChI is InChI=1S/C79H50N2.C52H41BO2/c1-2-20-64(21-3-1)81-74-29-15-14-28-73(74)80-79(81)58-42-40-56(41-43-58)75-66-23-9-12-26-69(66)78(70-27-13-10-24-67(70)75)63-46-47-71-72(50-63)77(57-38-32-54(33-39-57)62-45-35-52-17-5-7-19-60(52)49-62)68-25-11-8-22-65(68)76(71)55-36-30-53(31-37-55)61-44-34-51-16-4-6-18-59(51)48-61;1-51(2)52(3,4)55-53(54-51)44-29-30-47-48(33-44)50(39-25-19-37(20-26-39)43-28-22-35-12-6-8-14-41(35)32-43)46-16-10-9-15-45(46)49(47)38-23-17-36(18-24-38)42-27-21-34-11-5-7-13-40(34)31-42/h1-50H;5-33H,1-4H3. The van der Waals surface area contributed by atoms with E-state index in [1.54, 1.807) is 0 Å². The van der Waals surface area contributed by atoms with Crippen molar-refractivity contribution in [3.8, 4) is 128 Å². The average molecular weight is 1740 g/mol. The molecule has 0 atom stereocenters. The summed E-state index contributed by atoms with van der Waals surface area (Å²) in [6.07, 6.45) is 0. The van der Waals surface area contributed by atoms with E-state index in [9.17, 15) is 0 Å². The summed E-state index contributed by atoms with van der Waals surface area (Å²) >= 11 is 0. The third-order valence-electron chi connectivity index (χ3n) is 28.9. The van der Waals surface area contributed by atoms with E-state index in [0.29, 0.717) is 0 Å². The van der Waals surface area contributed by atoms with Crippen molar-refractivity contribution in [2.24, 2.45) is 0 Å². The Morgan fingerprint density at radius 2 is 0.441 bits per heavy atom. The van der Waals surface area contributed by atoms with E-state index >= 15 is 0 Å². The van der Waals surface area contributed by atoms with Crippen LogP contribution in [0.15, 0.2) is 479 Å². The molecule has 25 aromatic rings. The number of benzene rings is 24. The maximum Gasteiger partial charge on any atom is 0.494 e. The van der Waals surface area contributed by atoms with E-state index in [2.05, 4.69) is 512 Å². The lowest BCUT2D eigenvalue weighted by Crippen LogP contribution is -2.41. The molecule has 1 aliphatic rings. The van der Waals surface area contributed by atoms with Crippen LogP contribution in [-0.2, 0) is 9.31 Å². The number of para-hydroxylation sites is 3. The van der Waals surface area contributed by atoms with Crippen molar-refractivity contribution in [1.29, 1.82) is 0 Å². The summed E-state index contributed by atoms with van der Waals surface area (Å²) in [7, 11) is -0.464. The summed E-state index contributed by atoms with van der Waals surface area (Å²) in [6, 6.07) is 176. The second-order valence-electron chi connectivity index (χ2n) is 37.3. The van der Waals surface area contributed by atoms with Crippen molar-refractivity contribution in [1.82, 2.24) is 9.55 Å². The molecule has 0 bridgehead atoms. The highest BCUT2D eigenvalue weighted by atomic mass is 16.7. The number of nitrogens with zero attached hydrogens (tertiary/aromatic N) is 2. The highest BCUT2D eigenvalue weighted by Crippen LogP contribution is 2.52. The molecule has 136 heavy (non-hydrogen) atoms. The molecule has 0 spiro atoms. The van der Waals surface area contributed by atoms with Crippen LogP contribution < -0.4 is 5.46 Å². The van der Waals surface area contributed by atoms with Gasteiger partial charge in [0.1, 0.15) is 5.82 Å².